The Morgan fingerprint density at radius 3 is 2.47 bits per heavy atom. The van der Waals surface area contributed by atoms with E-state index in [9.17, 15) is 10.1 Å². The van der Waals surface area contributed by atoms with Crippen LogP contribution in [0.4, 0.5) is 5.69 Å². The molecule has 4 nitrogen and oxygen atoms in total. The van der Waals surface area contributed by atoms with Crippen molar-refractivity contribution >= 4 is 5.69 Å². The number of rotatable bonds is 3. The normalized spacial score (nSPS) is 11.5. The van der Waals surface area contributed by atoms with Gasteiger partial charge in [0.05, 0.1) is 4.92 Å². The third-order valence-corrected chi connectivity index (χ3v) is 2.65. The Morgan fingerprint density at radius 2 is 2.00 bits per heavy atom. The lowest BCUT2D eigenvalue weighted by molar-refractivity contribution is -0.386. The summed E-state index contributed by atoms with van der Waals surface area (Å²) >= 11 is 0. The molecule has 0 bridgehead atoms. The molecule has 1 N–H and O–H groups in total. The second-order valence-electron chi connectivity index (χ2n) is 4.15. The quantitative estimate of drug-likeness (QED) is 0.612. The highest BCUT2D eigenvalue weighted by atomic mass is 16.6. The molecule has 1 rings (SSSR count). The van der Waals surface area contributed by atoms with Gasteiger partial charge < -0.3 is 5.32 Å². The molecule has 0 aromatic heterocycles. The average Bonchev–Trinajstić information content (AvgIpc) is 2.17. The zero-order valence-corrected chi connectivity index (χ0v) is 9.50. The van der Waals surface area contributed by atoms with Crippen LogP contribution in [0.5, 0.6) is 0 Å². The molecule has 82 valence electrons. The first-order valence-corrected chi connectivity index (χ1v) is 4.83. The first-order valence-electron chi connectivity index (χ1n) is 4.83. The Morgan fingerprint density at radius 1 is 1.40 bits per heavy atom. The minimum absolute atomic E-state index is 0.167. The molecular weight excluding hydrogens is 192 g/mol. The van der Waals surface area contributed by atoms with Crippen molar-refractivity contribution in [1.29, 1.82) is 0 Å². The molecule has 0 atom stereocenters. The molecule has 0 amide bonds. The molecule has 0 spiro atoms. The summed E-state index contributed by atoms with van der Waals surface area (Å²) in [7, 11) is 1.80. The maximum absolute atomic E-state index is 10.9. The van der Waals surface area contributed by atoms with E-state index in [0.29, 0.717) is 0 Å². The van der Waals surface area contributed by atoms with Crippen LogP contribution in [0.25, 0.3) is 0 Å². The SMILES string of the molecule is CNC(C)(C)c1cc(C)ccc1[N+](=O)[O-]. The molecule has 0 saturated carbocycles. The van der Waals surface area contributed by atoms with E-state index < -0.39 is 5.54 Å². The van der Waals surface area contributed by atoms with Crippen LogP contribution in [0.3, 0.4) is 0 Å². The van der Waals surface area contributed by atoms with Crippen molar-refractivity contribution < 1.29 is 4.92 Å². The van der Waals surface area contributed by atoms with Gasteiger partial charge in [-0.25, -0.2) is 0 Å². The highest BCUT2D eigenvalue weighted by Gasteiger charge is 2.27. The largest absolute Gasteiger partial charge is 0.311 e. The smallest absolute Gasteiger partial charge is 0.274 e. The van der Waals surface area contributed by atoms with Crippen LogP contribution in [0.2, 0.25) is 0 Å². The molecule has 0 radical (unpaired) electrons. The fraction of sp³-hybridized carbons (Fsp3) is 0.455. The van der Waals surface area contributed by atoms with Gasteiger partial charge in [0, 0.05) is 17.2 Å². The predicted octanol–water partition coefficient (Wildman–Crippen LogP) is 2.36. The highest BCUT2D eigenvalue weighted by molar-refractivity contribution is 5.46. The van der Waals surface area contributed by atoms with Crippen molar-refractivity contribution in [3.63, 3.8) is 0 Å². The number of hydrogen-bond donors (Lipinski definition) is 1. The fourth-order valence-corrected chi connectivity index (χ4v) is 1.44. The summed E-state index contributed by atoms with van der Waals surface area (Å²) in [5.74, 6) is 0. The van der Waals surface area contributed by atoms with E-state index in [1.165, 1.54) is 0 Å². The standard InChI is InChI=1S/C11H16N2O2/c1-8-5-6-10(13(14)15)9(7-8)11(2,3)12-4/h5-7,12H,1-4H3. The van der Waals surface area contributed by atoms with Crippen LogP contribution in [-0.2, 0) is 5.54 Å². The van der Waals surface area contributed by atoms with Crippen molar-refractivity contribution in [3.8, 4) is 0 Å². The predicted molar refractivity (Wildman–Crippen MR) is 59.9 cm³/mol. The molecule has 0 saturated heterocycles. The second kappa shape index (κ2) is 3.98. The molecule has 1 aromatic carbocycles. The zero-order valence-electron chi connectivity index (χ0n) is 9.50. The average molecular weight is 208 g/mol. The van der Waals surface area contributed by atoms with Gasteiger partial charge >= 0.3 is 0 Å². The monoisotopic (exact) mass is 208 g/mol. The maximum atomic E-state index is 10.9. The van der Waals surface area contributed by atoms with Crippen molar-refractivity contribution in [2.45, 2.75) is 26.3 Å². The van der Waals surface area contributed by atoms with Crippen LogP contribution in [-0.4, -0.2) is 12.0 Å². The van der Waals surface area contributed by atoms with Gasteiger partial charge in [0.2, 0.25) is 0 Å². The van der Waals surface area contributed by atoms with Crippen molar-refractivity contribution in [3.05, 3.63) is 39.4 Å². The summed E-state index contributed by atoms with van der Waals surface area (Å²) in [5, 5.41) is 13.9. The lowest BCUT2D eigenvalue weighted by Gasteiger charge is -2.24. The minimum atomic E-state index is -0.394. The Bertz CT molecular complexity index is 386. The van der Waals surface area contributed by atoms with Crippen molar-refractivity contribution in [2.24, 2.45) is 0 Å². The molecule has 0 aliphatic carbocycles. The van der Waals surface area contributed by atoms with Crippen LogP contribution in [0, 0.1) is 17.0 Å². The minimum Gasteiger partial charge on any atom is -0.311 e. The Hall–Kier alpha value is -1.42. The van der Waals surface area contributed by atoms with Crippen LogP contribution in [0.15, 0.2) is 18.2 Å². The zero-order chi connectivity index (χ0) is 11.6. The molecule has 0 aliphatic heterocycles. The Labute approximate surface area is 89.5 Å². The summed E-state index contributed by atoms with van der Waals surface area (Å²) in [4.78, 5) is 10.5. The first-order chi connectivity index (χ1) is 6.88. The summed E-state index contributed by atoms with van der Waals surface area (Å²) in [6.07, 6.45) is 0. The topological polar surface area (TPSA) is 55.2 Å². The molecule has 0 fully saturated rings. The van der Waals surface area contributed by atoms with E-state index in [-0.39, 0.29) is 10.6 Å². The van der Waals surface area contributed by atoms with Crippen LogP contribution in [0.1, 0.15) is 25.0 Å². The molecular formula is C11H16N2O2. The second-order valence-corrected chi connectivity index (χ2v) is 4.15. The molecule has 15 heavy (non-hydrogen) atoms. The van der Waals surface area contributed by atoms with Gasteiger partial charge in [-0.1, -0.05) is 11.6 Å². The molecule has 0 aliphatic rings. The molecule has 1 aromatic rings. The number of nitro groups is 1. The van der Waals surface area contributed by atoms with Gasteiger partial charge in [-0.2, -0.15) is 0 Å². The molecule has 0 unspecified atom stereocenters. The van der Waals surface area contributed by atoms with Gasteiger partial charge in [0.25, 0.3) is 5.69 Å². The molecule has 0 heterocycles. The number of benzene rings is 1. The van der Waals surface area contributed by atoms with Gasteiger partial charge in [-0.05, 0) is 33.9 Å². The number of hydrogen-bond acceptors (Lipinski definition) is 3. The van der Waals surface area contributed by atoms with E-state index in [1.54, 1.807) is 19.2 Å². The highest BCUT2D eigenvalue weighted by Crippen LogP contribution is 2.29. The van der Waals surface area contributed by atoms with E-state index in [4.69, 9.17) is 0 Å². The van der Waals surface area contributed by atoms with Gasteiger partial charge in [0.15, 0.2) is 0 Å². The number of nitrogens with zero attached hydrogens (tertiary/aromatic N) is 1. The fourth-order valence-electron chi connectivity index (χ4n) is 1.44. The third kappa shape index (κ3) is 2.33. The van der Waals surface area contributed by atoms with Gasteiger partial charge in [0.1, 0.15) is 0 Å². The maximum Gasteiger partial charge on any atom is 0.274 e. The first kappa shape index (κ1) is 11.7. The summed E-state index contributed by atoms with van der Waals surface area (Å²) in [5.41, 5.74) is 1.52. The van der Waals surface area contributed by atoms with Crippen LogP contribution < -0.4 is 5.32 Å². The Balaban J connectivity index is 3.37. The summed E-state index contributed by atoms with van der Waals surface area (Å²) in [6, 6.07) is 5.17. The van der Waals surface area contributed by atoms with Gasteiger partial charge in [-0.3, -0.25) is 10.1 Å². The number of nitro benzene ring substituents is 1. The summed E-state index contributed by atoms with van der Waals surface area (Å²) < 4.78 is 0. The lowest BCUT2D eigenvalue weighted by Crippen LogP contribution is -2.33. The third-order valence-electron chi connectivity index (χ3n) is 2.65. The summed E-state index contributed by atoms with van der Waals surface area (Å²) in [6.45, 7) is 5.78. The molecule has 4 heteroatoms. The number of aryl methyl sites for hydroxylation is 1. The van der Waals surface area contributed by atoms with E-state index in [1.807, 2.05) is 26.8 Å². The van der Waals surface area contributed by atoms with E-state index in [0.717, 1.165) is 11.1 Å². The van der Waals surface area contributed by atoms with Crippen LogP contribution >= 0.6 is 0 Å². The lowest BCUT2D eigenvalue weighted by atomic mass is 9.91. The Kier molecular flexibility index (Phi) is 3.09. The number of nitrogens with one attached hydrogen (secondary N) is 1. The van der Waals surface area contributed by atoms with Crippen molar-refractivity contribution in [1.82, 2.24) is 5.32 Å². The van der Waals surface area contributed by atoms with Gasteiger partial charge in [-0.15, -0.1) is 0 Å². The van der Waals surface area contributed by atoms with Crippen molar-refractivity contribution in [2.75, 3.05) is 7.05 Å². The van der Waals surface area contributed by atoms with E-state index >= 15 is 0 Å². The van der Waals surface area contributed by atoms with E-state index in [2.05, 4.69) is 5.32 Å².